The highest BCUT2D eigenvalue weighted by atomic mass is 16.4. The Morgan fingerprint density at radius 1 is 1.35 bits per heavy atom. The van der Waals surface area contributed by atoms with Crippen molar-refractivity contribution in [1.82, 2.24) is 0 Å². The number of aliphatic imine (C=N–C) groups is 1. The maximum Gasteiger partial charge on any atom is 0.335 e. The van der Waals surface area contributed by atoms with E-state index in [1.807, 2.05) is 26.1 Å². The second kappa shape index (κ2) is 7.89. The normalized spacial score (nSPS) is 12.2. The first-order valence-corrected chi connectivity index (χ1v) is 6.26. The van der Waals surface area contributed by atoms with Gasteiger partial charge in [-0.3, -0.25) is 10.0 Å². The summed E-state index contributed by atoms with van der Waals surface area (Å²) >= 11 is 0. The smallest absolute Gasteiger partial charge is 0.335 e. The number of carboxylic acids is 1. The van der Waals surface area contributed by atoms with Crippen molar-refractivity contribution in [2.45, 2.75) is 13.3 Å². The molecule has 0 amide bonds. The number of allylic oxidation sites excluding steroid dienone is 2. The number of carbonyl (C=O) groups is 1. The van der Waals surface area contributed by atoms with Gasteiger partial charge in [-0.05, 0) is 37.3 Å². The molecule has 20 heavy (non-hydrogen) atoms. The zero-order valence-electron chi connectivity index (χ0n) is 11.9. The van der Waals surface area contributed by atoms with Crippen molar-refractivity contribution in [2.75, 3.05) is 19.1 Å². The summed E-state index contributed by atoms with van der Waals surface area (Å²) in [5, 5.41) is 14.8. The number of benzene rings is 1. The average Bonchev–Trinajstić information content (AvgIpc) is 2.46. The van der Waals surface area contributed by atoms with Gasteiger partial charge in [0, 0.05) is 32.4 Å². The predicted octanol–water partition coefficient (Wildman–Crippen LogP) is 2.84. The number of hydrogen-bond donors (Lipinski definition) is 1. The Balaban J connectivity index is 2.66. The molecule has 0 aliphatic rings. The highest BCUT2D eigenvalue weighted by Crippen LogP contribution is 2.13. The van der Waals surface area contributed by atoms with Crippen LogP contribution in [0.2, 0.25) is 0 Å². The number of rotatable bonds is 6. The van der Waals surface area contributed by atoms with E-state index in [0.717, 1.165) is 11.4 Å². The molecule has 1 aromatic carbocycles. The molecule has 1 aromatic rings. The molecule has 1 rings (SSSR count). The summed E-state index contributed by atoms with van der Waals surface area (Å²) < 4.78 is 0. The SMILES string of the molecule is C/C=C\C(C/C=N\N(C)c1ccc(C(=O)O)cc1)=NC. The molecule has 0 saturated heterocycles. The molecule has 0 bridgehead atoms. The lowest BCUT2D eigenvalue weighted by molar-refractivity contribution is 0.0697. The van der Waals surface area contributed by atoms with Crippen LogP contribution in [0.25, 0.3) is 0 Å². The maximum atomic E-state index is 10.8. The second-order valence-corrected chi connectivity index (χ2v) is 4.09. The van der Waals surface area contributed by atoms with Gasteiger partial charge >= 0.3 is 5.97 Å². The third-order valence-electron chi connectivity index (χ3n) is 2.69. The standard InChI is InChI=1S/C15H19N3O2/c1-4-5-13(16-2)10-11-17-18(3)14-8-6-12(7-9-14)15(19)20/h4-9,11H,10H2,1-3H3,(H,19,20)/b5-4-,16-13?,17-11-. The molecule has 0 aliphatic heterocycles. The molecule has 0 aromatic heterocycles. The first-order valence-electron chi connectivity index (χ1n) is 6.26. The molecule has 0 fully saturated rings. The van der Waals surface area contributed by atoms with Crippen molar-refractivity contribution >= 4 is 23.6 Å². The van der Waals surface area contributed by atoms with Crippen molar-refractivity contribution in [3.05, 3.63) is 42.0 Å². The Bertz CT molecular complexity index is 531. The van der Waals surface area contributed by atoms with E-state index in [1.54, 1.807) is 42.5 Å². The minimum absolute atomic E-state index is 0.264. The molecular weight excluding hydrogens is 254 g/mol. The molecule has 0 atom stereocenters. The molecule has 5 nitrogen and oxygen atoms in total. The van der Waals surface area contributed by atoms with E-state index in [4.69, 9.17) is 5.11 Å². The monoisotopic (exact) mass is 273 g/mol. The lowest BCUT2D eigenvalue weighted by atomic mass is 10.2. The fraction of sp³-hybridized carbons (Fsp3) is 0.267. The second-order valence-electron chi connectivity index (χ2n) is 4.09. The van der Waals surface area contributed by atoms with Crippen molar-refractivity contribution < 1.29 is 9.90 Å². The minimum Gasteiger partial charge on any atom is -0.478 e. The quantitative estimate of drug-likeness (QED) is 0.640. The Morgan fingerprint density at radius 3 is 2.50 bits per heavy atom. The third-order valence-corrected chi connectivity index (χ3v) is 2.69. The number of anilines is 1. The zero-order chi connectivity index (χ0) is 15.0. The van der Waals surface area contributed by atoms with Gasteiger partial charge in [0.25, 0.3) is 0 Å². The Labute approximate surface area is 119 Å². The lowest BCUT2D eigenvalue weighted by Crippen LogP contribution is -2.09. The molecule has 0 spiro atoms. The van der Waals surface area contributed by atoms with Gasteiger partial charge in [-0.25, -0.2) is 4.79 Å². The van der Waals surface area contributed by atoms with Gasteiger partial charge in [-0.15, -0.1) is 0 Å². The minimum atomic E-state index is -0.933. The van der Waals surface area contributed by atoms with Crippen LogP contribution in [0.4, 0.5) is 5.69 Å². The molecule has 5 heteroatoms. The summed E-state index contributed by atoms with van der Waals surface area (Å²) in [6, 6.07) is 6.56. The van der Waals surface area contributed by atoms with Gasteiger partial charge in [0.1, 0.15) is 0 Å². The molecule has 0 unspecified atom stereocenters. The number of aromatic carboxylic acids is 1. The van der Waals surface area contributed by atoms with E-state index in [9.17, 15) is 4.79 Å². The van der Waals surface area contributed by atoms with E-state index in [2.05, 4.69) is 10.1 Å². The number of nitrogens with zero attached hydrogens (tertiary/aromatic N) is 3. The van der Waals surface area contributed by atoms with Crippen LogP contribution in [0.5, 0.6) is 0 Å². The Morgan fingerprint density at radius 2 is 2.00 bits per heavy atom. The van der Waals surface area contributed by atoms with Crippen molar-refractivity contribution in [3.8, 4) is 0 Å². The predicted molar refractivity (Wildman–Crippen MR) is 83.1 cm³/mol. The van der Waals surface area contributed by atoms with Gasteiger partial charge in [-0.1, -0.05) is 6.08 Å². The first-order chi connectivity index (χ1) is 9.58. The van der Waals surface area contributed by atoms with Gasteiger partial charge in [0.15, 0.2) is 0 Å². The molecule has 0 aliphatic carbocycles. The van der Waals surface area contributed by atoms with Crippen LogP contribution in [0.1, 0.15) is 23.7 Å². The fourth-order valence-electron chi connectivity index (χ4n) is 1.57. The van der Waals surface area contributed by atoms with Gasteiger partial charge in [0.05, 0.1) is 11.3 Å². The Kier molecular flexibility index (Phi) is 6.16. The molecule has 0 heterocycles. The van der Waals surface area contributed by atoms with Crippen LogP contribution in [-0.2, 0) is 0 Å². The van der Waals surface area contributed by atoms with Gasteiger partial charge < -0.3 is 5.11 Å². The van der Waals surface area contributed by atoms with E-state index in [1.165, 1.54) is 0 Å². The number of carboxylic acid groups (broad SMARTS) is 1. The van der Waals surface area contributed by atoms with Crippen LogP contribution in [0.15, 0.2) is 46.5 Å². The van der Waals surface area contributed by atoms with E-state index < -0.39 is 5.97 Å². The summed E-state index contributed by atoms with van der Waals surface area (Å²) in [7, 11) is 3.56. The summed E-state index contributed by atoms with van der Waals surface area (Å²) in [6.07, 6.45) is 6.30. The maximum absolute atomic E-state index is 10.8. The van der Waals surface area contributed by atoms with Crippen LogP contribution in [-0.4, -0.2) is 37.1 Å². The largest absolute Gasteiger partial charge is 0.478 e. The first kappa shape index (κ1) is 15.6. The molecule has 0 radical (unpaired) electrons. The van der Waals surface area contributed by atoms with Crippen LogP contribution in [0.3, 0.4) is 0 Å². The molecule has 1 N–H and O–H groups in total. The van der Waals surface area contributed by atoms with E-state index in [-0.39, 0.29) is 5.56 Å². The topological polar surface area (TPSA) is 65.3 Å². The number of hydrogen-bond acceptors (Lipinski definition) is 4. The Hall–Kier alpha value is -2.43. The third kappa shape index (κ3) is 4.68. The van der Waals surface area contributed by atoms with Gasteiger partial charge in [-0.2, -0.15) is 5.10 Å². The number of hydrazone groups is 1. The van der Waals surface area contributed by atoms with Crippen LogP contribution >= 0.6 is 0 Å². The van der Waals surface area contributed by atoms with Crippen molar-refractivity contribution in [1.29, 1.82) is 0 Å². The van der Waals surface area contributed by atoms with Crippen LogP contribution < -0.4 is 5.01 Å². The summed E-state index contributed by atoms with van der Waals surface area (Å²) in [6.45, 7) is 1.94. The lowest BCUT2D eigenvalue weighted by Gasteiger charge is -2.12. The molecule has 106 valence electrons. The zero-order valence-corrected chi connectivity index (χ0v) is 11.9. The average molecular weight is 273 g/mol. The summed E-state index contributed by atoms with van der Waals surface area (Å²) in [4.78, 5) is 14.9. The van der Waals surface area contributed by atoms with Gasteiger partial charge in [0.2, 0.25) is 0 Å². The summed E-state index contributed by atoms with van der Waals surface area (Å²) in [5.74, 6) is -0.933. The molecule has 0 saturated carbocycles. The molecular formula is C15H19N3O2. The van der Waals surface area contributed by atoms with E-state index in [0.29, 0.717) is 6.42 Å². The van der Waals surface area contributed by atoms with Crippen LogP contribution in [0, 0.1) is 0 Å². The van der Waals surface area contributed by atoms with Crippen molar-refractivity contribution in [2.24, 2.45) is 10.1 Å². The van der Waals surface area contributed by atoms with E-state index >= 15 is 0 Å². The highest BCUT2D eigenvalue weighted by molar-refractivity contribution is 6.03. The van der Waals surface area contributed by atoms with Crippen molar-refractivity contribution in [3.63, 3.8) is 0 Å². The highest BCUT2D eigenvalue weighted by Gasteiger charge is 2.03. The fourth-order valence-corrected chi connectivity index (χ4v) is 1.57. The summed E-state index contributed by atoms with van der Waals surface area (Å²) in [5.41, 5.74) is 2.04.